The molecule has 42 heavy (non-hydrogen) atoms. The molecule has 0 aliphatic carbocycles. The predicted octanol–water partition coefficient (Wildman–Crippen LogP) is 3.92. The number of nitrogens with one attached hydrogen (secondary N) is 2. The first-order chi connectivity index (χ1) is 19.9. The number of amides is 3. The highest BCUT2D eigenvalue weighted by molar-refractivity contribution is 6.00. The summed E-state index contributed by atoms with van der Waals surface area (Å²) in [5.41, 5.74) is 3.57. The average molecular weight is 585 g/mol. The summed E-state index contributed by atoms with van der Waals surface area (Å²) in [6.45, 7) is 8.74. The highest BCUT2D eigenvalue weighted by Gasteiger charge is 2.26. The van der Waals surface area contributed by atoms with E-state index in [2.05, 4.69) is 16.7 Å². The fraction of sp³-hybridized carbons (Fsp3) is 0.469. The smallest absolute Gasteiger partial charge is 0.253 e. The molecule has 0 aromatic heterocycles. The van der Waals surface area contributed by atoms with Crippen LogP contribution in [0.4, 0.5) is 8.78 Å². The van der Waals surface area contributed by atoms with Crippen molar-refractivity contribution in [1.29, 1.82) is 0 Å². The number of hydrogen-bond acceptors (Lipinski definition) is 5. The van der Waals surface area contributed by atoms with Crippen LogP contribution in [-0.2, 0) is 11.2 Å². The Morgan fingerprint density at radius 1 is 0.976 bits per heavy atom. The molecule has 0 bridgehead atoms. The zero-order valence-electron chi connectivity index (χ0n) is 25.0. The Bertz CT molecular complexity index is 1250. The van der Waals surface area contributed by atoms with Crippen molar-refractivity contribution in [2.75, 3.05) is 26.7 Å². The summed E-state index contributed by atoms with van der Waals surface area (Å²) >= 11 is 0. The van der Waals surface area contributed by atoms with E-state index in [0.29, 0.717) is 18.7 Å². The molecule has 2 rings (SSSR count). The third-order valence-electron chi connectivity index (χ3n) is 6.41. The van der Waals surface area contributed by atoms with Gasteiger partial charge in [-0.1, -0.05) is 33.6 Å². The molecule has 0 aliphatic rings. The van der Waals surface area contributed by atoms with E-state index in [4.69, 9.17) is 6.42 Å². The van der Waals surface area contributed by atoms with Crippen LogP contribution in [0.25, 0.3) is 0 Å². The molecule has 228 valence electrons. The fourth-order valence-corrected chi connectivity index (χ4v) is 4.60. The third-order valence-corrected chi connectivity index (χ3v) is 6.41. The standard InChI is InChI=1S/C32H42F2N4O4/c1-7-10-38(11-8-2)32(42)25-14-22(9-3)13-24(18-25)31(41)35-28(17-23-15-26(33)19-27(34)16-23)29(39)20-37(6)36-30(40)12-21(4)5/h3,13-16,18-19,21,28-29,39H,7-8,10-12,17,20H2,1-2,4-6H3,(H,35,41)(H,36,40). The summed E-state index contributed by atoms with van der Waals surface area (Å²) in [4.78, 5) is 40.6. The van der Waals surface area contributed by atoms with Crippen LogP contribution < -0.4 is 10.7 Å². The molecule has 2 unspecified atom stereocenters. The molecule has 0 saturated carbocycles. The van der Waals surface area contributed by atoms with Gasteiger partial charge in [0.05, 0.1) is 12.1 Å². The molecule has 0 saturated heterocycles. The van der Waals surface area contributed by atoms with Crippen molar-refractivity contribution >= 4 is 17.7 Å². The summed E-state index contributed by atoms with van der Waals surface area (Å²) in [7, 11) is 1.56. The molecule has 2 atom stereocenters. The number of hydrazine groups is 1. The van der Waals surface area contributed by atoms with Gasteiger partial charge in [-0.15, -0.1) is 6.42 Å². The zero-order valence-corrected chi connectivity index (χ0v) is 25.0. The maximum Gasteiger partial charge on any atom is 0.253 e. The molecule has 2 aromatic rings. The number of aliphatic hydroxyl groups is 1. The van der Waals surface area contributed by atoms with Gasteiger partial charge >= 0.3 is 0 Å². The Morgan fingerprint density at radius 3 is 2.12 bits per heavy atom. The van der Waals surface area contributed by atoms with Crippen LogP contribution in [-0.4, -0.2) is 71.6 Å². The minimum absolute atomic E-state index is 0.0935. The lowest BCUT2D eigenvalue weighted by Gasteiger charge is -2.28. The second-order valence-electron chi connectivity index (χ2n) is 10.9. The van der Waals surface area contributed by atoms with Crippen LogP contribution in [0.5, 0.6) is 0 Å². The van der Waals surface area contributed by atoms with Gasteiger partial charge in [0.1, 0.15) is 11.6 Å². The molecular weight excluding hydrogens is 542 g/mol. The van der Waals surface area contributed by atoms with Gasteiger partial charge in [0.2, 0.25) is 5.91 Å². The van der Waals surface area contributed by atoms with Crippen molar-refractivity contribution in [3.05, 3.63) is 70.3 Å². The van der Waals surface area contributed by atoms with Gasteiger partial charge in [-0.3, -0.25) is 19.8 Å². The van der Waals surface area contributed by atoms with Crippen molar-refractivity contribution in [2.45, 2.75) is 65.5 Å². The molecule has 2 aromatic carbocycles. The van der Waals surface area contributed by atoms with Gasteiger partial charge in [0.15, 0.2) is 0 Å². The average Bonchev–Trinajstić information content (AvgIpc) is 2.90. The van der Waals surface area contributed by atoms with Crippen molar-refractivity contribution in [2.24, 2.45) is 5.92 Å². The first-order valence-corrected chi connectivity index (χ1v) is 14.2. The number of aliphatic hydroxyl groups excluding tert-OH is 1. The van der Waals surface area contributed by atoms with Crippen LogP contribution in [0, 0.1) is 29.9 Å². The van der Waals surface area contributed by atoms with Crippen LogP contribution in [0.15, 0.2) is 36.4 Å². The molecule has 10 heteroatoms. The maximum atomic E-state index is 13.9. The molecule has 0 heterocycles. The topological polar surface area (TPSA) is 102 Å². The molecule has 0 aliphatic heterocycles. The highest BCUT2D eigenvalue weighted by atomic mass is 19.1. The van der Waals surface area contributed by atoms with Gasteiger partial charge in [0, 0.05) is 55.9 Å². The summed E-state index contributed by atoms with van der Waals surface area (Å²) in [6, 6.07) is 6.40. The van der Waals surface area contributed by atoms with Crippen molar-refractivity contribution < 1.29 is 28.3 Å². The number of benzene rings is 2. The summed E-state index contributed by atoms with van der Waals surface area (Å²) in [5, 5.41) is 15.3. The summed E-state index contributed by atoms with van der Waals surface area (Å²) in [5.74, 6) is -0.112. The number of carbonyl (C=O) groups is 3. The van der Waals surface area contributed by atoms with E-state index >= 15 is 0 Å². The van der Waals surface area contributed by atoms with Crippen LogP contribution in [0.3, 0.4) is 0 Å². The van der Waals surface area contributed by atoms with E-state index in [-0.39, 0.29) is 53.8 Å². The number of rotatable bonds is 15. The van der Waals surface area contributed by atoms with E-state index in [9.17, 15) is 28.3 Å². The molecule has 0 fully saturated rings. The third kappa shape index (κ3) is 10.9. The Kier molecular flexibility index (Phi) is 13.6. The lowest BCUT2D eigenvalue weighted by Crippen LogP contribution is -2.52. The van der Waals surface area contributed by atoms with Crippen LogP contribution in [0.1, 0.15) is 78.8 Å². The first kappa shape index (κ1) is 34.4. The van der Waals surface area contributed by atoms with E-state index in [0.717, 1.165) is 31.0 Å². The highest BCUT2D eigenvalue weighted by Crippen LogP contribution is 2.16. The predicted molar refractivity (Wildman–Crippen MR) is 158 cm³/mol. The Labute approximate surface area is 247 Å². The molecule has 3 amide bonds. The number of carbonyl (C=O) groups excluding carboxylic acids is 3. The van der Waals surface area contributed by atoms with E-state index in [1.165, 1.54) is 17.1 Å². The minimum Gasteiger partial charge on any atom is -0.390 e. The maximum absolute atomic E-state index is 13.9. The largest absolute Gasteiger partial charge is 0.390 e. The van der Waals surface area contributed by atoms with E-state index in [1.54, 1.807) is 18.0 Å². The van der Waals surface area contributed by atoms with Gasteiger partial charge in [-0.2, -0.15) is 0 Å². The Hall–Kier alpha value is -3.81. The molecule has 3 N–H and O–H groups in total. The second kappa shape index (κ2) is 16.6. The second-order valence-corrected chi connectivity index (χ2v) is 10.9. The molecule has 8 nitrogen and oxygen atoms in total. The number of likely N-dealkylation sites (N-methyl/N-ethyl adjacent to an activating group) is 1. The van der Waals surface area contributed by atoms with Crippen molar-refractivity contribution in [3.8, 4) is 12.3 Å². The molecule has 0 radical (unpaired) electrons. The van der Waals surface area contributed by atoms with Crippen LogP contribution >= 0.6 is 0 Å². The summed E-state index contributed by atoms with van der Waals surface area (Å²) in [6.07, 6.45) is 6.07. The summed E-state index contributed by atoms with van der Waals surface area (Å²) < 4.78 is 27.9. The minimum atomic E-state index is -1.26. The quantitative estimate of drug-likeness (QED) is 0.218. The number of hydrogen-bond donors (Lipinski definition) is 3. The number of halogens is 2. The number of nitrogens with zero attached hydrogens (tertiary/aromatic N) is 2. The lowest BCUT2D eigenvalue weighted by atomic mass is 9.99. The Morgan fingerprint density at radius 2 is 1.57 bits per heavy atom. The van der Waals surface area contributed by atoms with Crippen molar-refractivity contribution in [1.82, 2.24) is 20.7 Å². The normalized spacial score (nSPS) is 12.5. The SMILES string of the molecule is C#Cc1cc(C(=O)NC(Cc2cc(F)cc(F)c2)C(O)CN(C)NC(=O)CC(C)C)cc(C(=O)N(CCC)CCC)c1. The molecule has 0 spiro atoms. The van der Waals surface area contributed by atoms with Gasteiger partial charge < -0.3 is 15.3 Å². The fourth-order valence-electron chi connectivity index (χ4n) is 4.60. The Balaban J connectivity index is 2.36. The zero-order chi connectivity index (χ0) is 31.4. The number of terminal acetylenes is 1. The lowest BCUT2D eigenvalue weighted by molar-refractivity contribution is -0.126. The monoisotopic (exact) mass is 584 g/mol. The van der Waals surface area contributed by atoms with Gasteiger partial charge in [-0.25, -0.2) is 13.8 Å². The van der Waals surface area contributed by atoms with Gasteiger partial charge in [0.25, 0.3) is 11.8 Å². The first-order valence-electron chi connectivity index (χ1n) is 14.2. The van der Waals surface area contributed by atoms with E-state index in [1.807, 2.05) is 27.7 Å². The van der Waals surface area contributed by atoms with Crippen LogP contribution in [0.2, 0.25) is 0 Å². The van der Waals surface area contributed by atoms with E-state index < -0.39 is 29.7 Å². The van der Waals surface area contributed by atoms with Gasteiger partial charge in [-0.05, 0) is 61.1 Å². The molecular formula is C32H42F2N4O4. The van der Waals surface area contributed by atoms with Crippen molar-refractivity contribution in [3.63, 3.8) is 0 Å².